The Morgan fingerprint density at radius 2 is 1.65 bits per heavy atom. The van der Waals surface area contributed by atoms with Crippen molar-refractivity contribution in [1.29, 1.82) is 0 Å². The van der Waals surface area contributed by atoms with Gasteiger partial charge in [-0.1, -0.05) is 39.2 Å². The van der Waals surface area contributed by atoms with Gasteiger partial charge in [-0.05, 0) is 57.9 Å². The number of carbonyl (C=O) groups is 6. The minimum Gasteiger partial charge on any atom is -0.493 e. The lowest BCUT2D eigenvalue weighted by Crippen LogP contribution is -2.47. The molecule has 2 aromatic rings. The average Bonchev–Trinajstić information content (AvgIpc) is 3.58. The molecule has 2 unspecified atom stereocenters. The van der Waals surface area contributed by atoms with Crippen LogP contribution in [0.4, 0.5) is 0 Å². The number of hydroxylamine groups is 2. The van der Waals surface area contributed by atoms with E-state index in [-0.39, 0.29) is 55.7 Å². The van der Waals surface area contributed by atoms with E-state index in [2.05, 4.69) is 16.0 Å². The molecule has 1 aromatic heterocycles. The molecule has 3 atom stereocenters. The number of nitrogens with one attached hydrogen (secondary N) is 3. The van der Waals surface area contributed by atoms with Crippen molar-refractivity contribution >= 4 is 36.1 Å². The van der Waals surface area contributed by atoms with Gasteiger partial charge in [-0.2, -0.15) is 0 Å². The van der Waals surface area contributed by atoms with Crippen molar-refractivity contribution in [2.24, 2.45) is 5.92 Å². The fraction of sp³-hybridized carbons (Fsp3) is 0.529. The summed E-state index contributed by atoms with van der Waals surface area (Å²) in [6.07, 6.45) is 3.25. The van der Waals surface area contributed by atoms with Crippen molar-refractivity contribution in [3.8, 4) is 17.1 Å². The second kappa shape index (κ2) is 21.1. The quantitative estimate of drug-likeness (QED) is 0.0352. The summed E-state index contributed by atoms with van der Waals surface area (Å²) in [7, 11) is 0. The zero-order valence-corrected chi connectivity index (χ0v) is 28.7. The van der Waals surface area contributed by atoms with Crippen molar-refractivity contribution in [1.82, 2.24) is 21.0 Å². The number of hydrogen-bond donors (Lipinski definition) is 4. The minimum absolute atomic E-state index is 0.0475. The number of unbranched alkanes of at least 4 members (excludes halogenated alkanes) is 2. The van der Waals surface area contributed by atoms with E-state index in [1.165, 1.54) is 18.2 Å². The van der Waals surface area contributed by atoms with Gasteiger partial charge in [-0.3, -0.25) is 29.2 Å². The molecular weight excluding hydrogens is 640 g/mol. The van der Waals surface area contributed by atoms with Crippen LogP contribution in [0.15, 0.2) is 34.7 Å². The molecule has 4 amide bonds. The monoisotopic (exact) mass is 688 g/mol. The molecule has 0 saturated carbocycles. The Labute approximate surface area is 286 Å². The number of nitrogens with zero attached hydrogens (tertiary/aromatic N) is 1. The van der Waals surface area contributed by atoms with Crippen LogP contribution < -0.4 is 20.7 Å². The predicted octanol–water partition coefficient (Wildman–Crippen LogP) is 3.59. The van der Waals surface area contributed by atoms with E-state index in [4.69, 9.17) is 18.6 Å². The molecule has 0 aliphatic heterocycles. The molecule has 2 rings (SSSR count). The van der Waals surface area contributed by atoms with Gasteiger partial charge >= 0.3 is 11.9 Å². The van der Waals surface area contributed by atoms with Gasteiger partial charge in [-0.15, -0.1) is 0 Å². The molecule has 0 saturated heterocycles. The highest BCUT2D eigenvalue weighted by Crippen LogP contribution is 2.29. The van der Waals surface area contributed by atoms with Crippen molar-refractivity contribution in [3.63, 3.8) is 0 Å². The van der Waals surface area contributed by atoms with Crippen LogP contribution in [0.2, 0.25) is 0 Å². The first-order chi connectivity index (χ1) is 23.5. The standard InChI is InChI=1S/C34H48N4O11/c1-6-11-12-13-23(26(7-2)38(45)21-39)31(41)35-20-36-33(43)28-17-16-27(49-28)22-14-15-24(29(18-22)46-8-3)32(42)37-25(34(44)48-10-5)19-30(40)47-9-4/h14-18,21,23,25-26,45H,6-13,19-20H2,1-5H3,(H,35,41)(H,36,43)(H,37,42)/t23?,25?,26-/m1/s1. The molecule has 1 heterocycles. The highest BCUT2D eigenvalue weighted by molar-refractivity contribution is 6.00. The highest BCUT2D eigenvalue weighted by Gasteiger charge is 2.31. The van der Waals surface area contributed by atoms with Gasteiger partial charge in [0.2, 0.25) is 12.3 Å². The van der Waals surface area contributed by atoms with Gasteiger partial charge < -0.3 is 34.6 Å². The number of amides is 4. The van der Waals surface area contributed by atoms with Gasteiger partial charge in [0.25, 0.3) is 11.8 Å². The van der Waals surface area contributed by atoms with E-state index >= 15 is 0 Å². The van der Waals surface area contributed by atoms with Crippen LogP contribution >= 0.6 is 0 Å². The molecule has 1 aromatic carbocycles. The maximum absolute atomic E-state index is 13.2. The molecule has 0 spiro atoms. The van der Waals surface area contributed by atoms with Gasteiger partial charge in [0, 0.05) is 5.56 Å². The van der Waals surface area contributed by atoms with E-state index in [1.54, 1.807) is 39.8 Å². The van der Waals surface area contributed by atoms with Crippen LogP contribution in [-0.2, 0) is 28.7 Å². The molecule has 15 heteroatoms. The molecule has 49 heavy (non-hydrogen) atoms. The van der Waals surface area contributed by atoms with Gasteiger partial charge in [0.15, 0.2) is 5.76 Å². The number of carbonyl (C=O) groups excluding carboxylic acids is 6. The molecule has 0 bridgehead atoms. The zero-order chi connectivity index (χ0) is 36.3. The van der Waals surface area contributed by atoms with Crippen LogP contribution in [0, 0.1) is 5.92 Å². The molecule has 4 N–H and O–H groups in total. The van der Waals surface area contributed by atoms with Crippen LogP contribution in [-0.4, -0.2) is 84.9 Å². The van der Waals surface area contributed by atoms with E-state index in [0.717, 1.165) is 19.3 Å². The first kappa shape index (κ1) is 40.3. The first-order valence-corrected chi connectivity index (χ1v) is 16.5. The maximum Gasteiger partial charge on any atom is 0.329 e. The van der Waals surface area contributed by atoms with Crippen LogP contribution in [0.25, 0.3) is 11.3 Å². The number of benzene rings is 1. The molecule has 0 fully saturated rings. The van der Waals surface area contributed by atoms with Crippen molar-refractivity contribution in [3.05, 3.63) is 41.7 Å². The molecule has 0 aliphatic carbocycles. The molecule has 15 nitrogen and oxygen atoms in total. The van der Waals surface area contributed by atoms with Crippen molar-refractivity contribution in [2.75, 3.05) is 26.5 Å². The summed E-state index contributed by atoms with van der Waals surface area (Å²) in [5, 5.41) is 18.3. The second-order valence-corrected chi connectivity index (χ2v) is 10.9. The Balaban J connectivity index is 2.15. The summed E-state index contributed by atoms with van der Waals surface area (Å²) in [5.41, 5.74) is 0.560. The third-order valence-electron chi connectivity index (χ3n) is 7.49. The predicted molar refractivity (Wildman–Crippen MR) is 176 cm³/mol. The minimum atomic E-state index is -1.28. The number of furan rings is 1. The normalized spacial score (nSPS) is 12.5. The van der Waals surface area contributed by atoms with Gasteiger partial charge in [0.1, 0.15) is 17.6 Å². The van der Waals surface area contributed by atoms with Gasteiger partial charge in [0.05, 0.1) is 50.4 Å². The summed E-state index contributed by atoms with van der Waals surface area (Å²) < 4.78 is 21.4. The number of esters is 2. The molecule has 0 radical (unpaired) electrons. The Bertz CT molecular complexity index is 1410. The molecule has 0 aliphatic rings. The van der Waals surface area contributed by atoms with E-state index in [1.807, 2.05) is 6.92 Å². The van der Waals surface area contributed by atoms with E-state index in [9.17, 15) is 34.0 Å². The fourth-order valence-electron chi connectivity index (χ4n) is 5.09. The summed E-state index contributed by atoms with van der Waals surface area (Å²) >= 11 is 0. The summed E-state index contributed by atoms with van der Waals surface area (Å²) in [4.78, 5) is 74.7. The van der Waals surface area contributed by atoms with Crippen LogP contribution in [0.3, 0.4) is 0 Å². The smallest absolute Gasteiger partial charge is 0.329 e. The number of ether oxygens (including phenoxy) is 3. The van der Waals surface area contributed by atoms with Crippen LogP contribution in [0.1, 0.15) is 94.1 Å². The second-order valence-electron chi connectivity index (χ2n) is 10.9. The average molecular weight is 689 g/mol. The summed E-state index contributed by atoms with van der Waals surface area (Å²) in [5.74, 6) is -3.43. The Morgan fingerprint density at radius 3 is 2.29 bits per heavy atom. The van der Waals surface area contributed by atoms with E-state index < -0.39 is 54.1 Å². The van der Waals surface area contributed by atoms with Gasteiger partial charge in [-0.25, -0.2) is 9.86 Å². The SMILES string of the molecule is CCCCCC(C(=O)NCNC(=O)c1ccc(-c2ccc(C(=O)NC(CC(=O)OCC)C(=O)OCC)c(OCC)c2)o1)[C@@H](CC)N(O)C=O. The molecular formula is C34H48N4O11. The lowest BCUT2D eigenvalue weighted by Gasteiger charge is -2.29. The number of hydrogen-bond acceptors (Lipinski definition) is 11. The van der Waals surface area contributed by atoms with Crippen molar-refractivity contribution in [2.45, 2.75) is 85.2 Å². The Hall–Kier alpha value is -4.92. The third kappa shape index (κ3) is 12.2. The lowest BCUT2D eigenvalue weighted by molar-refractivity contribution is -0.168. The Kier molecular flexibility index (Phi) is 17.4. The molecule has 270 valence electrons. The van der Waals surface area contributed by atoms with Crippen molar-refractivity contribution < 1.29 is 52.6 Å². The Morgan fingerprint density at radius 1 is 0.918 bits per heavy atom. The lowest BCUT2D eigenvalue weighted by atomic mass is 9.90. The maximum atomic E-state index is 13.2. The highest BCUT2D eigenvalue weighted by atomic mass is 16.5. The van der Waals surface area contributed by atoms with E-state index in [0.29, 0.717) is 23.5 Å². The summed E-state index contributed by atoms with van der Waals surface area (Å²) in [6, 6.07) is 5.57. The number of rotatable bonds is 22. The largest absolute Gasteiger partial charge is 0.493 e. The zero-order valence-electron chi connectivity index (χ0n) is 28.7. The van der Waals surface area contributed by atoms with Crippen LogP contribution in [0.5, 0.6) is 5.75 Å². The topological polar surface area (TPSA) is 203 Å². The summed E-state index contributed by atoms with van der Waals surface area (Å²) in [6.45, 7) is 8.89. The fourth-order valence-corrected chi connectivity index (χ4v) is 5.09. The first-order valence-electron chi connectivity index (χ1n) is 16.5. The third-order valence-corrected chi connectivity index (χ3v) is 7.49.